The zero-order valence-corrected chi connectivity index (χ0v) is 8.77. The van der Waals surface area contributed by atoms with Crippen LogP contribution in [0.1, 0.15) is 31.2 Å². The molecule has 0 spiro atoms. The first-order valence-electron chi connectivity index (χ1n) is 4.02. The molecule has 0 N–H and O–H groups in total. The van der Waals surface area contributed by atoms with Crippen molar-refractivity contribution < 1.29 is 0 Å². The molecule has 2 nitrogen and oxygen atoms in total. The summed E-state index contributed by atoms with van der Waals surface area (Å²) in [5, 5.41) is 1.03. The lowest BCUT2D eigenvalue weighted by Crippen LogP contribution is -1.98. The largest absolute Gasteiger partial charge is 0.253 e. The van der Waals surface area contributed by atoms with Gasteiger partial charge in [0.15, 0.2) is 0 Å². The predicted octanol–water partition coefficient (Wildman–Crippen LogP) is 2.63. The van der Waals surface area contributed by atoms with E-state index >= 15 is 0 Å². The molecule has 0 amide bonds. The third-order valence-electron chi connectivity index (χ3n) is 1.71. The molecule has 3 heteroatoms. The van der Waals surface area contributed by atoms with Gasteiger partial charge in [0.2, 0.25) is 0 Å². The van der Waals surface area contributed by atoms with Gasteiger partial charge in [-0.15, -0.1) is 11.8 Å². The number of thioether (sulfide) groups is 1. The Bertz CT molecular complexity index is 271. The Morgan fingerprint density at radius 3 is 2.50 bits per heavy atom. The molecular formula is C9H14N2S. The lowest BCUT2D eigenvalue weighted by Gasteiger charge is -2.06. The summed E-state index contributed by atoms with van der Waals surface area (Å²) in [6.45, 7) is 6.26. The quantitative estimate of drug-likeness (QED) is 0.657. The van der Waals surface area contributed by atoms with Gasteiger partial charge in [-0.2, -0.15) is 0 Å². The van der Waals surface area contributed by atoms with E-state index in [0.29, 0.717) is 5.92 Å². The summed E-state index contributed by atoms with van der Waals surface area (Å²) in [7, 11) is 0. The minimum absolute atomic E-state index is 0.465. The van der Waals surface area contributed by atoms with Gasteiger partial charge in [0.25, 0.3) is 0 Å². The molecule has 0 atom stereocenters. The highest BCUT2D eigenvalue weighted by atomic mass is 32.2. The average Bonchev–Trinajstić information content (AvgIpc) is 2.04. The van der Waals surface area contributed by atoms with Crippen LogP contribution in [0.2, 0.25) is 0 Å². The standard InChI is InChI=1S/C9H14N2S/c1-6(2)8-5-10-9(12-4)7(3)11-8/h5-6H,1-4H3. The molecule has 0 aliphatic carbocycles. The first-order valence-corrected chi connectivity index (χ1v) is 5.25. The molecule has 0 aromatic carbocycles. The third kappa shape index (κ3) is 1.97. The maximum absolute atomic E-state index is 4.46. The van der Waals surface area contributed by atoms with E-state index in [9.17, 15) is 0 Å². The van der Waals surface area contributed by atoms with Gasteiger partial charge in [-0.25, -0.2) is 4.98 Å². The van der Waals surface area contributed by atoms with Crippen molar-refractivity contribution in [2.75, 3.05) is 6.26 Å². The van der Waals surface area contributed by atoms with Crippen molar-refractivity contribution in [3.05, 3.63) is 17.6 Å². The lowest BCUT2D eigenvalue weighted by molar-refractivity contribution is 0.785. The Hall–Kier alpha value is -0.570. The molecule has 0 aliphatic heterocycles. The first kappa shape index (κ1) is 9.52. The molecule has 0 unspecified atom stereocenters. The number of aryl methyl sites for hydroxylation is 1. The highest BCUT2D eigenvalue weighted by Gasteiger charge is 2.04. The molecule has 66 valence electrons. The molecule has 12 heavy (non-hydrogen) atoms. The van der Waals surface area contributed by atoms with Gasteiger partial charge in [0, 0.05) is 6.20 Å². The molecule has 1 heterocycles. The third-order valence-corrected chi connectivity index (χ3v) is 2.49. The normalized spacial score (nSPS) is 10.8. The minimum Gasteiger partial charge on any atom is -0.253 e. The summed E-state index contributed by atoms with van der Waals surface area (Å²) in [5.41, 5.74) is 2.11. The van der Waals surface area contributed by atoms with E-state index in [0.717, 1.165) is 16.4 Å². The van der Waals surface area contributed by atoms with E-state index in [2.05, 4.69) is 23.8 Å². The number of nitrogens with zero attached hydrogens (tertiary/aromatic N) is 2. The van der Waals surface area contributed by atoms with Gasteiger partial charge in [-0.3, -0.25) is 4.98 Å². The molecule has 0 bridgehead atoms. The van der Waals surface area contributed by atoms with Crippen LogP contribution in [0.15, 0.2) is 11.2 Å². The minimum atomic E-state index is 0.465. The summed E-state index contributed by atoms with van der Waals surface area (Å²) < 4.78 is 0. The van der Waals surface area contributed by atoms with Crippen LogP contribution in [-0.2, 0) is 0 Å². The van der Waals surface area contributed by atoms with Gasteiger partial charge in [0.1, 0.15) is 5.03 Å². The van der Waals surface area contributed by atoms with Crippen molar-refractivity contribution in [1.29, 1.82) is 0 Å². The number of aromatic nitrogens is 2. The van der Waals surface area contributed by atoms with E-state index < -0.39 is 0 Å². The highest BCUT2D eigenvalue weighted by Crippen LogP contribution is 2.17. The van der Waals surface area contributed by atoms with E-state index in [4.69, 9.17) is 0 Å². The second kappa shape index (κ2) is 3.90. The van der Waals surface area contributed by atoms with Crippen LogP contribution < -0.4 is 0 Å². The van der Waals surface area contributed by atoms with Crippen molar-refractivity contribution >= 4 is 11.8 Å². The van der Waals surface area contributed by atoms with Crippen LogP contribution in [0.4, 0.5) is 0 Å². The van der Waals surface area contributed by atoms with Crippen LogP contribution in [-0.4, -0.2) is 16.2 Å². The predicted molar refractivity (Wildman–Crippen MR) is 52.6 cm³/mol. The van der Waals surface area contributed by atoms with Crippen molar-refractivity contribution in [2.24, 2.45) is 0 Å². The van der Waals surface area contributed by atoms with Crippen LogP contribution in [0.3, 0.4) is 0 Å². The van der Waals surface area contributed by atoms with E-state index in [1.54, 1.807) is 11.8 Å². The fourth-order valence-corrected chi connectivity index (χ4v) is 1.47. The topological polar surface area (TPSA) is 25.8 Å². The molecule has 1 aromatic rings. The summed E-state index contributed by atoms with van der Waals surface area (Å²) in [4.78, 5) is 8.78. The summed E-state index contributed by atoms with van der Waals surface area (Å²) in [6, 6.07) is 0. The zero-order chi connectivity index (χ0) is 9.14. The van der Waals surface area contributed by atoms with Crippen LogP contribution in [0.25, 0.3) is 0 Å². The van der Waals surface area contributed by atoms with E-state index in [1.165, 1.54) is 0 Å². The second-order valence-corrected chi connectivity index (χ2v) is 3.84. The Morgan fingerprint density at radius 2 is 2.08 bits per heavy atom. The Balaban J connectivity index is 3.02. The Kier molecular flexibility index (Phi) is 3.09. The molecule has 0 radical (unpaired) electrons. The van der Waals surface area contributed by atoms with Gasteiger partial charge in [-0.05, 0) is 19.1 Å². The zero-order valence-electron chi connectivity index (χ0n) is 7.96. The molecule has 0 aliphatic rings. The van der Waals surface area contributed by atoms with Crippen molar-refractivity contribution in [2.45, 2.75) is 31.7 Å². The molecular weight excluding hydrogens is 168 g/mol. The fourth-order valence-electron chi connectivity index (χ4n) is 0.967. The van der Waals surface area contributed by atoms with Crippen molar-refractivity contribution in [3.63, 3.8) is 0 Å². The number of rotatable bonds is 2. The maximum Gasteiger partial charge on any atom is 0.117 e. The molecule has 1 aromatic heterocycles. The van der Waals surface area contributed by atoms with Crippen LogP contribution in [0.5, 0.6) is 0 Å². The number of hydrogen-bond donors (Lipinski definition) is 0. The summed E-state index contributed by atoms with van der Waals surface area (Å²) in [6.07, 6.45) is 3.88. The van der Waals surface area contributed by atoms with E-state index in [-0.39, 0.29) is 0 Å². The SMILES string of the molecule is CSc1ncc(C(C)C)nc1C. The maximum atomic E-state index is 4.46. The highest BCUT2D eigenvalue weighted by molar-refractivity contribution is 7.98. The van der Waals surface area contributed by atoms with E-state index in [1.807, 2.05) is 19.4 Å². The molecule has 0 fully saturated rings. The van der Waals surface area contributed by atoms with Crippen LogP contribution in [0, 0.1) is 6.92 Å². The van der Waals surface area contributed by atoms with Crippen molar-refractivity contribution in [1.82, 2.24) is 9.97 Å². The van der Waals surface area contributed by atoms with Gasteiger partial charge >= 0.3 is 0 Å². The molecule has 1 rings (SSSR count). The smallest absolute Gasteiger partial charge is 0.117 e. The molecule has 0 saturated heterocycles. The number of hydrogen-bond acceptors (Lipinski definition) is 3. The summed E-state index contributed by atoms with van der Waals surface area (Å²) in [5.74, 6) is 0.465. The fraction of sp³-hybridized carbons (Fsp3) is 0.556. The average molecular weight is 182 g/mol. The van der Waals surface area contributed by atoms with Gasteiger partial charge in [-0.1, -0.05) is 13.8 Å². The van der Waals surface area contributed by atoms with Gasteiger partial charge < -0.3 is 0 Å². The van der Waals surface area contributed by atoms with Gasteiger partial charge in [0.05, 0.1) is 11.4 Å². The second-order valence-electron chi connectivity index (χ2n) is 3.04. The Morgan fingerprint density at radius 1 is 1.42 bits per heavy atom. The lowest BCUT2D eigenvalue weighted by atomic mass is 10.1. The Labute approximate surface area is 77.8 Å². The molecule has 0 saturated carbocycles. The van der Waals surface area contributed by atoms with Crippen molar-refractivity contribution in [3.8, 4) is 0 Å². The first-order chi connectivity index (χ1) is 5.65. The monoisotopic (exact) mass is 182 g/mol. The van der Waals surface area contributed by atoms with Crippen LogP contribution >= 0.6 is 11.8 Å². The summed E-state index contributed by atoms with van der Waals surface area (Å²) >= 11 is 1.64.